The topological polar surface area (TPSA) is 85.3 Å². The van der Waals surface area contributed by atoms with Crippen LogP contribution in [0.15, 0.2) is 48.0 Å². The maximum absolute atomic E-state index is 13.1. The van der Waals surface area contributed by atoms with Crippen LogP contribution in [0.5, 0.6) is 11.5 Å². The van der Waals surface area contributed by atoms with Gasteiger partial charge < -0.3 is 24.2 Å². The Morgan fingerprint density at radius 2 is 1.88 bits per heavy atom. The number of halogens is 1. The second-order valence-corrected chi connectivity index (χ2v) is 8.30. The van der Waals surface area contributed by atoms with Crippen molar-refractivity contribution < 1.29 is 28.9 Å². The molecule has 7 nitrogen and oxygen atoms in total. The molecule has 0 spiro atoms. The number of hydrogen-bond acceptors (Lipinski definition) is 6. The molecule has 1 saturated heterocycles. The summed E-state index contributed by atoms with van der Waals surface area (Å²) in [5, 5.41) is 11.4. The number of aliphatic hydroxyl groups is 1. The summed E-state index contributed by atoms with van der Waals surface area (Å²) in [6.45, 7) is 4.60. The van der Waals surface area contributed by atoms with E-state index in [-0.39, 0.29) is 22.5 Å². The van der Waals surface area contributed by atoms with Crippen LogP contribution in [-0.4, -0.2) is 55.2 Å². The lowest BCUT2D eigenvalue weighted by molar-refractivity contribution is -0.140. The molecule has 1 atom stereocenters. The Morgan fingerprint density at radius 1 is 1.12 bits per heavy atom. The van der Waals surface area contributed by atoms with Gasteiger partial charge in [-0.05, 0) is 56.2 Å². The van der Waals surface area contributed by atoms with Gasteiger partial charge in [0.25, 0.3) is 11.7 Å². The summed E-state index contributed by atoms with van der Waals surface area (Å²) in [6, 6.07) is 11.0. The molecule has 1 unspecified atom stereocenters. The standard InChI is InChI=1S/C25H28ClNO6/c1-15(2)33-12-6-11-27-22(16-7-5-8-18(13-16)31-3)21(24(29)25(27)30)23(28)17-9-10-20(32-4)19(26)14-17/h5,7-10,13-15,22,28H,6,11-12H2,1-4H3/b23-21-. The van der Waals surface area contributed by atoms with Crippen LogP contribution in [0.3, 0.4) is 0 Å². The molecule has 3 rings (SSSR count). The zero-order valence-electron chi connectivity index (χ0n) is 19.1. The molecule has 2 aromatic rings. The van der Waals surface area contributed by atoms with Crippen molar-refractivity contribution in [3.63, 3.8) is 0 Å². The van der Waals surface area contributed by atoms with Crippen LogP contribution in [0.2, 0.25) is 5.02 Å². The average molecular weight is 474 g/mol. The Bertz CT molecular complexity index is 1060. The van der Waals surface area contributed by atoms with Crippen molar-refractivity contribution in [2.75, 3.05) is 27.4 Å². The first-order valence-electron chi connectivity index (χ1n) is 10.7. The zero-order valence-corrected chi connectivity index (χ0v) is 19.9. The smallest absolute Gasteiger partial charge is 0.295 e. The summed E-state index contributed by atoms with van der Waals surface area (Å²) in [5.74, 6) is -0.714. The van der Waals surface area contributed by atoms with E-state index in [1.165, 1.54) is 18.1 Å². The molecule has 8 heteroatoms. The van der Waals surface area contributed by atoms with Gasteiger partial charge in [-0.15, -0.1) is 0 Å². The molecule has 33 heavy (non-hydrogen) atoms. The number of ether oxygens (including phenoxy) is 3. The van der Waals surface area contributed by atoms with Crippen molar-refractivity contribution in [2.24, 2.45) is 0 Å². The Morgan fingerprint density at radius 3 is 2.52 bits per heavy atom. The Balaban J connectivity index is 2.07. The second-order valence-electron chi connectivity index (χ2n) is 7.89. The Kier molecular flexibility index (Phi) is 8.00. The van der Waals surface area contributed by atoms with E-state index in [4.69, 9.17) is 25.8 Å². The minimum atomic E-state index is -0.778. The average Bonchev–Trinajstić information content (AvgIpc) is 3.06. The van der Waals surface area contributed by atoms with Gasteiger partial charge in [0.1, 0.15) is 17.3 Å². The van der Waals surface area contributed by atoms with Crippen LogP contribution in [-0.2, 0) is 14.3 Å². The van der Waals surface area contributed by atoms with Gasteiger partial charge in [-0.1, -0.05) is 23.7 Å². The van der Waals surface area contributed by atoms with Crippen molar-refractivity contribution in [1.82, 2.24) is 4.90 Å². The monoisotopic (exact) mass is 473 g/mol. The van der Waals surface area contributed by atoms with Gasteiger partial charge in [0.2, 0.25) is 0 Å². The Labute approximate surface area is 198 Å². The molecule has 0 aliphatic carbocycles. The molecule has 0 aromatic heterocycles. The van der Waals surface area contributed by atoms with Crippen LogP contribution in [0.25, 0.3) is 5.76 Å². The molecule has 1 N–H and O–H groups in total. The summed E-state index contributed by atoms with van der Waals surface area (Å²) >= 11 is 6.23. The van der Waals surface area contributed by atoms with Gasteiger partial charge in [0, 0.05) is 18.7 Å². The molecule has 1 amide bonds. The SMILES string of the molecule is COc1cccc(C2/C(=C(/O)c3ccc(OC)c(Cl)c3)C(=O)C(=O)N2CCCOC(C)C)c1. The molecule has 1 fully saturated rings. The van der Waals surface area contributed by atoms with E-state index < -0.39 is 17.7 Å². The van der Waals surface area contributed by atoms with E-state index in [1.807, 2.05) is 13.8 Å². The predicted octanol–water partition coefficient (Wildman–Crippen LogP) is 4.59. The molecule has 1 heterocycles. The minimum Gasteiger partial charge on any atom is -0.507 e. The molecule has 0 saturated carbocycles. The number of carbonyl (C=O) groups excluding carboxylic acids is 2. The molecule has 1 aliphatic rings. The lowest BCUT2D eigenvalue weighted by Crippen LogP contribution is -2.31. The summed E-state index contributed by atoms with van der Waals surface area (Å²) < 4.78 is 16.1. The molecule has 176 valence electrons. The minimum absolute atomic E-state index is 0.000681. The molecule has 2 aromatic carbocycles. The quantitative estimate of drug-likeness (QED) is 0.248. The maximum Gasteiger partial charge on any atom is 0.295 e. The van der Waals surface area contributed by atoms with E-state index in [2.05, 4.69) is 0 Å². The first-order valence-corrected chi connectivity index (χ1v) is 11.0. The molecular weight excluding hydrogens is 446 g/mol. The van der Waals surface area contributed by atoms with Crippen molar-refractivity contribution in [1.29, 1.82) is 0 Å². The highest BCUT2D eigenvalue weighted by Crippen LogP contribution is 2.41. The van der Waals surface area contributed by atoms with Crippen LogP contribution >= 0.6 is 11.6 Å². The largest absolute Gasteiger partial charge is 0.507 e. The zero-order chi connectivity index (χ0) is 24.1. The number of hydrogen-bond donors (Lipinski definition) is 1. The highest BCUT2D eigenvalue weighted by atomic mass is 35.5. The van der Waals surface area contributed by atoms with Gasteiger partial charge >= 0.3 is 0 Å². The summed E-state index contributed by atoms with van der Waals surface area (Å²) in [6.07, 6.45) is 0.606. The van der Waals surface area contributed by atoms with E-state index >= 15 is 0 Å². The summed E-state index contributed by atoms with van der Waals surface area (Å²) in [7, 11) is 3.02. The molecular formula is C25H28ClNO6. The number of nitrogens with zero attached hydrogens (tertiary/aromatic N) is 1. The van der Waals surface area contributed by atoms with Crippen LogP contribution in [0.1, 0.15) is 37.4 Å². The number of carbonyl (C=O) groups is 2. The van der Waals surface area contributed by atoms with Crippen molar-refractivity contribution in [2.45, 2.75) is 32.4 Å². The summed E-state index contributed by atoms with van der Waals surface area (Å²) in [4.78, 5) is 27.6. The highest BCUT2D eigenvalue weighted by molar-refractivity contribution is 6.46. The number of amides is 1. The number of aliphatic hydroxyl groups excluding tert-OH is 1. The first kappa shape index (κ1) is 24.6. The molecule has 1 aliphatic heterocycles. The van der Waals surface area contributed by atoms with E-state index in [0.717, 1.165) is 0 Å². The van der Waals surface area contributed by atoms with E-state index in [1.54, 1.807) is 43.5 Å². The Hall–Kier alpha value is -3.03. The molecule has 0 bridgehead atoms. The summed E-state index contributed by atoms with van der Waals surface area (Å²) in [5.41, 5.74) is 0.966. The number of Topliss-reactive ketones (excluding diaryl/α,β-unsaturated/α-hetero) is 1. The van der Waals surface area contributed by atoms with Crippen LogP contribution in [0, 0.1) is 0 Å². The van der Waals surface area contributed by atoms with Crippen molar-refractivity contribution in [3.05, 3.63) is 64.2 Å². The normalized spacial score (nSPS) is 17.6. The third-order valence-corrected chi connectivity index (χ3v) is 5.66. The maximum atomic E-state index is 13.1. The van der Waals surface area contributed by atoms with E-state index in [0.29, 0.717) is 42.2 Å². The molecule has 0 radical (unpaired) electrons. The number of benzene rings is 2. The lowest BCUT2D eigenvalue weighted by atomic mass is 9.95. The van der Waals surface area contributed by atoms with Crippen LogP contribution < -0.4 is 9.47 Å². The van der Waals surface area contributed by atoms with E-state index in [9.17, 15) is 14.7 Å². The highest BCUT2D eigenvalue weighted by Gasteiger charge is 2.46. The second kappa shape index (κ2) is 10.7. The van der Waals surface area contributed by atoms with Gasteiger partial charge in [0.05, 0.1) is 37.0 Å². The van der Waals surface area contributed by atoms with Gasteiger partial charge in [-0.2, -0.15) is 0 Å². The number of likely N-dealkylation sites (tertiary alicyclic amines) is 1. The predicted molar refractivity (Wildman–Crippen MR) is 126 cm³/mol. The van der Waals surface area contributed by atoms with Gasteiger partial charge in [-0.3, -0.25) is 9.59 Å². The van der Waals surface area contributed by atoms with Gasteiger partial charge in [-0.25, -0.2) is 0 Å². The number of ketones is 1. The fourth-order valence-corrected chi connectivity index (χ4v) is 4.05. The number of methoxy groups -OCH3 is 2. The van der Waals surface area contributed by atoms with Crippen molar-refractivity contribution in [3.8, 4) is 11.5 Å². The third-order valence-electron chi connectivity index (χ3n) is 5.37. The third kappa shape index (κ3) is 5.31. The number of rotatable bonds is 9. The van der Waals surface area contributed by atoms with Crippen LogP contribution in [0.4, 0.5) is 0 Å². The fraction of sp³-hybridized carbons (Fsp3) is 0.360. The van der Waals surface area contributed by atoms with Gasteiger partial charge in [0.15, 0.2) is 0 Å². The lowest BCUT2D eigenvalue weighted by Gasteiger charge is -2.25. The fourth-order valence-electron chi connectivity index (χ4n) is 3.79. The van der Waals surface area contributed by atoms with Crippen molar-refractivity contribution >= 4 is 29.1 Å². The first-order chi connectivity index (χ1) is 15.8.